The number of alkyl halides is 1. The maximum Gasteiger partial charge on any atom is 0.251 e. The number of nitrogens with one attached hydrogen (secondary N) is 1. The summed E-state index contributed by atoms with van der Waals surface area (Å²) < 4.78 is 1.07. The van der Waals surface area contributed by atoms with Crippen molar-refractivity contribution in [1.29, 1.82) is 0 Å². The summed E-state index contributed by atoms with van der Waals surface area (Å²) in [5, 5.41) is 2.96. The maximum atomic E-state index is 12.0. The Kier molecular flexibility index (Phi) is 5.25. The van der Waals surface area contributed by atoms with E-state index in [1.165, 1.54) is 5.56 Å². The van der Waals surface area contributed by atoms with Gasteiger partial charge in [-0.1, -0.05) is 40.3 Å². The summed E-state index contributed by atoms with van der Waals surface area (Å²) in [6, 6.07) is 4.11. The van der Waals surface area contributed by atoms with Gasteiger partial charge in [0.15, 0.2) is 0 Å². The van der Waals surface area contributed by atoms with Crippen LogP contribution in [0.5, 0.6) is 0 Å². The molecule has 0 radical (unpaired) electrons. The number of hydrogen-bond acceptors (Lipinski definition) is 1. The molecule has 1 aromatic rings. The number of carbonyl (C=O) groups is 1. The lowest BCUT2D eigenvalue weighted by molar-refractivity contribution is 0.0952. The quantitative estimate of drug-likeness (QED) is 0.513. The second-order valence-corrected chi connectivity index (χ2v) is 5.15. The van der Waals surface area contributed by atoms with Crippen molar-refractivity contribution in [2.24, 2.45) is 0 Å². The molecule has 0 saturated carbocycles. The molecular weight excluding hydrogens is 313 g/mol. The summed E-state index contributed by atoms with van der Waals surface area (Å²) in [5.41, 5.74) is 4.16. The van der Waals surface area contributed by atoms with E-state index in [9.17, 15) is 4.79 Å². The van der Waals surface area contributed by atoms with Crippen molar-refractivity contribution >= 4 is 28.5 Å². The van der Waals surface area contributed by atoms with Crippen molar-refractivity contribution in [3.05, 3.63) is 34.4 Å². The molecule has 88 valence electrons. The molecule has 3 heteroatoms. The fourth-order valence-electron chi connectivity index (χ4n) is 1.90. The molecule has 1 rings (SSSR count). The van der Waals surface area contributed by atoms with Gasteiger partial charge in [-0.15, -0.1) is 0 Å². The predicted molar refractivity (Wildman–Crippen MR) is 76.5 cm³/mol. The monoisotopic (exact) mass is 331 g/mol. The van der Waals surface area contributed by atoms with Crippen LogP contribution in [0.4, 0.5) is 0 Å². The number of rotatable bonds is 4. The highest BCUT2D eigenvalue weighted by Gasteiger charge is 2.11. The van der Waals surface area contributed by atoms with Gasteiger partial charge in [0, 0.05) is 16.5 Å². The number of amides is 1. The van der Waals surface area contributed by atoms with Crippen molar-refractivity contribution in [1.82, 2.24) is 5.32 Å². The fourth-order valence-corrected chi connectivity index (χ4v) is 2.28. The van der Waals surface area contributed by atoms with Gasteiger partial charge in [-0.25, -0.2) is 0 Å². The minimum Gasteiger partial charge on any atom is -0.352 e. The SMILES string of the molecule is Cc1cc(C)c(C(=O)NCCCI)c(C)c1. The lowest BCUT2D eigenvalue weighted by Gasteiger charge is -2.11. The van der Waals surface area contributed by atoms with Crippen LogP contribution in [0, 0.1) is 20.8 Å². The second-order valence-electron chi connectivity index (χ2n) is 4.07. The van der Waals surface area contributed by atoms with Crippen LogP contribution in [-0.2, 0) is 0 Å². The molecule has 1 N–H and O–H groups in total. The number of halogens is 1. The van der Waals surface area contributed by atoms with Crippen LogP contribution in [-0.4, -0.2) is 16.9 Å². The topological polar surface area (TPSA) is 29.1 Å². The van der Waals surface area contributed by atoms with Gasteiger partial charge >= 0.3 is 0 Å². The third-order valence-electron chi connectivity index (χ3n) is 2.50. The molecule has 0 fully saturated rings. The standard InChI is InChI=1S/C13H18INO/c1-9-7-10(2)12(11(3)8-9)13(16)15-6-4-5-14/h7-8H,4-6H2,1-3H3,(H,15,16). The Bertz CT molecular complexity index is 365. The average molecular weight is 331 g/mol. The van der Waals surface area contributed by atoms with Gasteiger partial charge in [-0.3, -0.25) is 4.79 Å². The molecule has 0 bridgehead atoms. The molecule has 16 heavy (non-hydrogen) atoms. The third-order valence-corrected chi connectivity index (χ3v) is 3.26. The molecule has 0 heterocycles. The molecule has 0 aliphatic rings. The van der Waals surface area contributed by atoms with Crippen LogP contribution in [0.3, 0.4) is 0 Å². The maximum absolute atomic E-state index is 12.0. The van der Waals surface area contributed by atoms with Crippen molar-refractivity contribution in [2.75, 3.05) is 11.0 Å². The first kappa shape index (κ1) is 13.5. The lowest BCUT2D eigenvalue weighted by atomic mass is 9.99. The molecule has 0 spiro atoms. The number of benzene rings is 1. The minimum atomic E-state index is 0.0554. The van der Waals surface area contributed by atoms with E-state index < -0.39 is 0 Å². The zero-order chi connectivity index (χ0) is 12.1. The number of carbonyl (C=O) groups excluding carboxylic acids is 1. The highest BCUT2D eigenvalue weighted by atomic mass is 127. The molecule has 0 unspecified atom stereocenters. The van der Waals surface area contributed by atoms with Crippen LogP contribution < -0.4 is 5.32 Å². The summed E-state index contributed by atoms with van der Waals surface area (Å²) in [5.74, 6) is 0.0554. The third kappa shape index (κ3) is 3.47. The van der Waals surface area contributed by atoms with Crippen molar-refractivity contribution in [3.63, 3.8) is 0 Å². The second kappa shape index (κ2) is 6.23. The van der Waals surface area contributed by atoms with Gasteiger partial charge < -0.3 is 5.32 Å². The van der Waals surface area contributed by atoms with Crippen LogP contribution in [0.25, 0.3) is 0 Å². The Balaban J connectivity index is 2.83. The van der Waals surface area contributed by atoms with E-state index in [1.807, 2.05) is 13.8 Å². The Morgan fingerprint density at radius 1 is 1.25 bits per heavy atom. The smallest absolute Gasteiger partial charge is 0.251 e. The molecule has 0 saturated heterocycles. The number of aryl methyl sites for hydroxylation is 3. The molecule has 1 amide bonds. The Labute approximate surface area is 111 Å². The highest BCUT2D eigenvalue weighted by Crippen LogP contribution is 2.16. The summed E-state index contributed by atoms with van der Waals surface area (Å²) >= 11 is 2.32. The van der Waals surface area contributed by atoms with Crippen LogP contribution >= 0.6 is 22.6 Å². The first-order valence-corrected chi connectivity index (χ1v) is 7.01. The van der Waals surface area contributed by atoms with Crippen molar-refractivity contribution in [3.8, 4) is 0 Å². The van der Waals surface area contributed by atoms with Gasteiger partial charge in [-0.2, -0.15) is 0 Å². The van der Waals surface area contributed by atoms with E-state index in [0.29, 0.717) is 0 Å². The minimum absolute atomic E-state index is 0.0554. The van der Waals surface area contributed by atoms with E-state index in [0.717, 1.165) is 34.1 Å². The summed E-state index contributed by atoms with van der Waals surface area (Å²) in [6.45, 7) is 6.80. The predicted octanol–water partition coefficient (Wildman–Crippen LogP) is 3.17. The Morgan fingerprint density at radius 3 is 2.31 bits per heavy atom. The van der Waals surface area contributed by atoms with E-state index in [4.69, 9.17) is 0 Å². The zero-order valence-electron chi connectivity index (χ0n) is 10.1. The van der Waals surface area contributed by atoms with Gasteiger partial charge in [0.1, 0.15) is 0 Å². The van der Waals surface area contributed by atoms with Crippen molar-refractivity contribution < 1.29 is 4.79 Å². The van der Waals surface area contributed by atoms with Gasteiger partial charge in [-0.05, 0) is 38.3 Å². The molecular formula is C13H18INO. The van der Waals surface area contributed by atoms with E-state index >= 15 is 0 Å². The van der Waals surface area contributed by atoms with Gasteiger partial charge in [0.2, 0.25) is 0 Å². The highest BCUT2D eigenvalue weighted by molar-refractivity contribution is 14.1. The molecule has 0 atom stereocenters. The van der Waals surface area contributed by atoms with Crippen molar-refractivity contribution in [2.45, 2.75) is 27.2 Å². The first-order chi connectivity index (χ1) is 7.56. The molecule has 0 aliphatic carbocycles. The van der Waals surface area contributed by atoms with Crippen LogP contribution in [0.15, 0.2) is 12.1 Å². The normalized spacial score (nSPS) is 10.2. The van der Waals surface area contributed by atoms with Crippen LogP contribution in [0.1, 0.15) is 33.5 Å². The largest absolute Gasteiger partial charge is 0.352 e. The fraction of sp³-hybridized carbons (Fsp3) is 0.462. The van der Waals surface area contributed by atoms with E-state index in [2.05, 4.69) is 47.0 Å². The van der Waals surface area contributed by atoms with Crippen LogP contribution in [0.2, 0.25) is 0 Å². The van der Waals surface area contributed by atoms with Gasteiger partial charge in [0.05, 0.1) is 0 Å². The average Bonchev–Trinajstić information content (AvgIpc) is 2.16. The first-order valence-electron chi connectivity index (χ1n) is 5.48. The Hall–Kier alpha value is -0.580. The zero-order valence-corrected chi connectivity index (χ0v) is 12.2. The molecule has 2 nitrogen and oxygen atoms in total. The summed E-state index contributed by atoms with van der Waals surface area (Å²) in [7, 11) is 0. The lowest BCUT2D eigenvalue weighted by Crippen LogP contribution is -2.26. The number of hydrogen-bond donors (Lipinski definition) is 1. The molecule has 1 aromatic carbocycles. The summed E-state index contributed by atoms with van der Waals surface area (Å²) in [6.07, 6.45) is 1.02. The van der Waals surface area contributed by atoms with E-state index in [-0.39, 0.29) is 5.91 Å². The molecule has 0 aromatic heterocycles. The molecule has 0 aliphatic heterocycles. The summed E-state index contributed by atoms with van der Waals surface area (Å²) in [4.78, 5) is 12.0. The van der Waals surface area contributed by atoms with E-state index in [1.54, 1.807) is 0 Å². The Morgan fingerprint density at radius 2 is 1.81 bits per heavy atom. The van der Waals surface area contributed by atoms with Gasteiger partial charge in [0.25, 0.3) is 5.91 Å².